The first-order valence-electron chi connectivity index (χ1n) is 7.48. The van der Waals surface area contributed by atoms with Crippen LogP contribution in [0.25, 0.3) is 0 Å². The van der Waals surface area contributed by atoms with Crippen LogP contribution < -0.4 is 4.74 Å². The molecule has 1 aromatic rings. The standard InChI is InChI=1S/C16H22FN3O3/c1-18(2)16(22)20-8-6-19(7-9-20)15(21)11-12-4-5-14(23-3)13(17)10-12/h4-5,10H,6-9,11H2,1-3H3. The summed E-state index contributed by atoms with van der Waals surface area (Å²) in [6.07, 6.45) is 0.141. The molecular weight excluding hydrogens is 301 g/mol. The molecule has 0 aliphatic carbocycles. The van der Waals surface area contributed by atoms with Crippen LogP contribution in [-0.4, -0.2) is 74.0 Å². The molecule has 1 saturated heterocycles. The number of piperazine rings is 1. The van der Waals surface area contributed by atoms with Crippen molar-refractivity contribution in [3.05, 3.63) is 29.6 Å². The molecule has 7 heteroatoms. The van der Waals surface area contributed by atoms with Crippen molar-refractivity contribution in [2.24, 2.45) is 0 Å². The first-order valence-corrected chi connectivity index (χ1v) is 7.48. The SMILES string of the molecule is COc1ccc(CC(=O)N2CCN(C(=O)N(C)C)CC2)cc1F. The molecule has 0 aromatic heterocycles. The number of benzene rings is 1. The molecule has 0 atom stereocenters. The maximum absolute atomic E-state index is 13.7. The van der Waals surface area contributed by atoms with E-state index in [1.165, 1.54) is 24.1 Å². The van der Waals surface area contributed by atoms with Crippen LogP contribution in [-0.2, 0) is 11.2 Å². The number of hydrogen-bond acceptors (Lipinski definition) is 3. The third kappa shape index (κ3) is 4.12. The van der Waals surface area contributed by atoms with E-state index < -0.39 is 5.82 Å². The van der Waals surface area contributed by atoms with Crippen LogP contribution in [0.4, 0.5) is 9.18 Å². The first kappa shape index (κ1) is 17.1. The Kier molecular flexibility index (Phi) is 5.41. The lowest BCUT2D eigenvalue weighted by molar-refractivity contribution is -0.131. The normalized spacial score (nSPS) is 14.6. The van der Waals surface area contributed by atoms with Crippen LogP contribution in [0.3, 0.4) is 0 Å². The highest BCUT2D eigenvalue weighted by atomic mass is 19.1. The minimum atomic E-state index is -0.473. The summed E-state index contributed by atoms with van der Waals surface area (Å²) in [6, 6.07) is 4.48. The molecule has 126 valence electrons. The number of halogens is 1. The fourth-order valence-corrected chi connectivity index (χ4v) is 2.54. The van der Waals surface area contributed by atoms with Gasteiger partial charge in [-0.2, -0.15) is 0 Å². The van der Waals surface area contributed by atoms with E-state index in [1.54, 1.807) is 30.0 Å². The van der Waals surface area contributed by atoms with E-state index in [9.17, 15) is 14.0 Å². The zero-order valence-electron chi connectivity index (χ0n) is 13.7. The van der Waals surface area contributed by atoms with E-state index in [4.69, 9.17) is 4.74 Å². The summed E-state index contributed by atoms with van der Waals surface area (Å²) < 4.78 is 18.5. The van der Waals surface area contributed by atoms with E-state index in [0.717, 1.165) is 0 Å². The molecule has 1 fully saturated rings. The Bertz CT molecular complexity index is 584. The molecule has 0 bridgehead atoms. The number of carbonyl (C=O) groups is 2. The van der Waals surface area contributed by atoms with Gasteiger partial charge in [0.05, 0.1) is 13.5 Å². The number of rotatable bonds is 3. The molecule has 2 rings (SSSR count). The van der Waals surface area contributed by atoms with Gasteiger partial charge in [-0.1, -0.05) is 6.07 Å². The molecule has 1 aliphatic rings. The van der Waals surface area contributed by atoms with Gasteiger partial charge in [0.25, 0.3) is 0 Å². The van der Waals surface area contributed by atoms with Crippen LogP contribution in [0.15, 0.2) is 18.2 Å². The van der Waals surface area contributed by atoms with Crippen LogP contribution in [0, 0.1) is 5.82 Å². The van der Waals surface area contributed by atoms with Gasteiger partial charge in [0.15, 0.2) is 11.6 Å². The van der Waals surface area contributed by atoms with E-state index >= 15 is 0 Å². The molecule has 0 unspecified atom stereocenters. The van der Waals surface area contributed by atoms with Crippen molar-refractivity contribution in [3.63, 3.8) is 0 Å². The number of amides is 3. The highest BCUT2D eigenvalue weighted by Gasteiger charge is 2.25. The summed E-state index contributed by atoms with van der Waals surface area (Å²) >= 11 is 0. The second-order valence-electron chi connectivity index (χ2n) is 5.69. The summed E-state index contributed by atoms with van der Waals surface area (Å²) in [7, 11) is 4.81. The van der Waals surface area contributed by atoms with Crippen LogP contribution in [0.5, 0.6) is 5.75 Å². The number of urea groups is 1. The molecule has 0 spiro atoms. The zero-order valence-corrected chi connectivity index (χ0v) is 13.7. The Hall–Kier alpha value is -2.31. The van der Waals surface area contributed by atoms with E-state index in [1.807, 2.05) is 0 Å². The van der Waals surface area contributed by atoms with Gasteiger partial charge in [0, 0.05) is 40.3 Å². The van der Waals surface area contributed by atoms with E-state index in [-0.39, 0.29) is 24.1 Å². The predicted octanol–water partition coefficient (Wildman–Crippen LogP) is 1.20. The third-order valence-corrected chi connectivity index (χ3v) is 3.86. The monoisotopic (exact) mass is 323 g/mol. The fraction of sp³-hybridized carbons (Fsp3) is 0.500. The molecule has 23 heavy (non-hydrogen) atoms. The van der Waals surface area contributed by atoms with Gasteiger partial charge in [0.1, 0.15) is 0 Å². The molecule has 1 aromatic carbocycles. The van der Waals surface area contributed by atoms with E-state index in [0.29, 0.717) is 31.7 Å². The minimum absolute atomic E-state index is 0.0469. The van der Waals surface area contributed by atoms with Crippen LogP contribution in [0.1, 0.15) is 5.56 Å². The lowest BCUT2D eigenvalue weighted by atomic mass is 10.1. The molecule has 1 heterocycles. The predicted molar refractivity (Wildman–Crippen MR) is 83.9 cm³/mol. The van der Waals surface area contributed by atoms with Crippen molar-refractivity contribution in [1.29, 1.82) is 0 Å². The number of methoxy groups -OCH3 is 1. The molecule has 3 amide bonds. The minimum Gasteiger partial charge on any atom is -0.494 e. The number of nitrogens with zero attached hydrogens (tertiary/aromatic N) is 3. The first-order chi connectivity index (χ1) is 10.9. The van der Waals surface area contributed by atoms with Gasteiger partial charge in [-0.3, -0.25) is 4.79 Å². The second-order valence-corrected chi connectivity index (χ2v) is 5.69. The summed E-state index contributed by atoms with van der Waals surface area (Å²) in [5, 5.41) is 0. The highest BCUT2D eigenvalue weighted by molar-refractivity contribution is 5.79. The fourth-order valence-electron chi connectivity index (χ4n) is 2.54. The van der Waals surface area contributed by atoms with Crippen molar-refractivity contribution in [2.75, 3.05) is 47.4 Å². The molecular formula is C16H22FN3O3. The summed E-state index contributed by atoms with van der Waals surface area (Å²) in [4.78, 5) is 29.1. The van der Waals surface area contributed by atoms with Crippen LogP contribution in [0.2, 0.25) is 0 Å². The van der Waals surface area contributed by atoms with Crippen molar-refractivity contribution < 1.29 is 18.7 Å². The topological polar surface area (TPSA) is 53.1 Å². The lowest BCUT2D eigenvalue weighted by Gasteiger charge is -2.36. The van der Waals surface area contributed by atoms with Gasteiger partial charge in [-0.05, 0) is 17.7 Å². The van der Waals surface area contributed by atoms with Crippen molar-refractivity contribution in [2.45, 2.75) is 6.42 Å². The number of ether oxygens (including phenoxy) is 1. The number of hydrogen-bond donors (Lipinski definition) is 0. The molecule has 0 N–H and O–H groups in total. The largest absolute Gasteiger partial charge is 0.494 e. The maximum atomic E-state index is 13.7. The van der Waals surface area contributed by atoms with Gasteiger partial charge >= 0.3 is 6.03 Å². The van der Waals surface area contributed by atoms with Gasteiger partial charge in [0.2, 0.25) is 5.91 Å². The Balaban J connectivity index is 1.90. The average molecular weight is 323 g/mol. The molecule has 1 aliphatic heterocycles. The van der Waals surface area contributed by atoms with E-state index in [2.05, 4.69) is 0 Å². The Labute approximate surface area is 135 Å². The summed E-state index contributed by atoms with van der Waals surface area (Å²) in [5.41, 5.74) is 0.611. The Morgan fingerprint density at radius 1 is 1.17 bits per heavy atom. The molecule has 0 radical (unpaired) electrons. The molecule has 6 nitrogen and oxygen atoms in total. The van der Waals surface area contributed by atoms with Gasteiger partial charge < -0.3 is 19.4 Å². The van der Waals surface area contributed by atoms with Crippen molar-refractivity contribution in [3.8, 4) is 5.75 Å². The van der Waals surface area contributed by atoms with Crippen molar-refractivity contribution in [1.82, 2.24) is 14.7 Å². The summed E-state index contributed by atoms with van der Waals surface area (Å²) in [5.74, 6) is -0.372. The zero-order chi connectivity index (χ0) is 17.0. The van der Waals surface area contributed by atoms with Gasteiger partial charge in [-0.25, -0.2) is 9.18 Å². The quantitative estimate of drug-likeness (QED) is 0.840. The molecule has 0 saturated carbocycles. The average Bonchev–Trinajstić information content (AvgIpc) is 2.54. The van der Waals surface area contributed by atoms with Crippen molar-refractivity contribution >= 4 is 11.9 Å². The summed E-state index contributed by atoms with van der Waals surface area (Å²) in [6.45, 7) is 2.02. The Morgan fingerprint density at radius 3 is 2.30 bits per heavy atom. The van der Waals surface area contributed by atoms with Crippen LogP contribution >= 0.6 is 0 Å². The van der Waals surface area contributed by atoms with Gasteiger partial charge in [-0.15, -0.1) is 0 Å². The highest BCUT2D eigenvalue weighted by Crippen LogP contribution is 2.18. The third-order valence-electron chi connectivity index (χ3n) is 3.86. The smallest absolute Gasteiger partial charge is 0.319 e. The Morgan fingerprint density at radius 2 is 1.78 bits per heavy atom. The second kappa shape index (κ2) is 7.30. The maximum Gasteiger partial charge on any atom is 0.319 e. The number of carbonyl (C=O) groups excluding carboxylic acids is 2. The lowest BCUT2D eigenvalue weighted by Crippen LogP contribution is -2.53.